The number of ether oxygens (including phenoxy) is 1. The number of fused-ring (bicyclic) bond motifs is 2. The second kappa shape index (κ2) is 15.2. The number of nitrogens with zero attached hydrogens (tertiary/aromatic N) is 4. The predicted molar refractivity (Wildman–Crippen MR) is 212 cm³/mol. The van der Waals surface area contributed by atoms with Gasteiger partial charge in [0.05, 0.1) is 42.8 Å². The van der Waals surface area contributed by atoms with E-state index in [1.807, 2.05) is 111 Å². The van der Waals surface area contributed by atoms with E-state index in [2.05, 4.69) is 5.10 Å². The van der Waals surface area contributed by atoms with Gasteiger partial charge in [0.2, 0.25) is 11.8 Å². The molecule has 1 spiro atoms. The van der Waals surface area contributed by atoms with E-state index in [1.165, 1.54) is 5.01 Å². The summed E-state index contributed by atoms with van der Waals surface area (Å²) in [4.78, 5) is 56.8. The van der Waals surface area contributed by atoms with E-state index in [0.717, 1.165) is 22.4 Å². The molecule has 4 aromatic carbocycles. The highest BCUT2D eigenvalue weighted by molar-refractivity contribution is 6.71. The monoisotopic (exact) mass is 764 g/mol. The topological polar surface area (TPSA) is 123 Å². The van der Waals surface area contributed by atoms with Crippen LogP contribution in [0.1, 0.15) is 48.4 Å². The molecule has 0 radical (unpaired) electrons. The SMILES string of the molecule is C[C@@H]1[C@@H]([Si](C)(C)O)[C@H](CC(=O)N(CCO)Cc2ccccc2)O[C@@]12C(=O)N(Cc1ccc(N3N=C(c4ccccc4)CCC3=O)cc1)c1ccc(Cl)cc12. The van der Waals surface area contributed by atoms with Gasteiger partial charge in [0, 0.05) is 48.0 Å². The number of hydrogen-bond acceptors (Lipinski definition) is 7. The Labute approximate surface area is 321 Å². The largest absolute Gasteiger partial charge is 0.432 e. The van der Waals surface area contributed by atoms with Crippen molar-refractivity contribution in [2.45, 2.75) is 69.6 Å². The van der Waals surface area contributed by atoms with Crippen LogP contribution in [0.15, 0.2) is 108 Å². The number of aliphatic hydroxyl groups excluding tert-OH is 1. The number of benzene rings is 4. The zero-order valence-corrected chi connectivity index (χ0v) is 32.4. The van der Waals surface area contributed by atoms with E-state index in [-0.39, 0.29) is 43.8 Å². The third kappa shape index (κ3) is 7.14. The second-order valence-corrected chi connectivity index (χ2v) is 19.3. The number of anilines is 2. The number of carbonyl (C=O) groups is 3. The fourth-order valence-corrected chi connectivity index (χ4v) is 11.2. The summed E-state index contributed by atoms with van der Waals surface area (Å²) in [6, 6.07) is 32.2. The molecule has 10 nitrogen and oxygen atoms in total. The maximum absolute atomic E-state index is 14.9. The quantitative estimate of drug-likeness (QED) is 0.166. The van der Waals surface area contributed by atoms with Crippen molar-refractivity contribution in [1.29, 1.82) is 0 Å². The number of halogens is 1. The van der Waals surface area contributed by atoms with Gasteiger partial charge in [-0.3, -0.25) is 14.4 Å². The number of aliphatic hydroxyl groups is 1. The van der Waals surface area contributed by atoms with Crippen LogP contribution < -0.4 is 9.91 Å². The highest BCUT2D eigenvalue weighted by Gasteiger charge is 2.66. The van der Waals surface area contributed by atoms with E-state index >= 15 is 0 Å². The van der Waals surface area contributed by atoms with Crippen molar-refractivity contribution in [3.63, 3.8) is 0 Å². The van der Waals surface area contributed by atoms with E-state index in [0.29, 0.717) is 41.3 Å². The van der Waals surface area contributed by atoms with Crippen LogP contribution in [0, 0.1) is 5.92 Å². The van der Waals surface area contributed by atoms with Gasteiger partial charge < -0.3 is 24.4 Å². The van der Waals surface area contributed by atoms with E-state index < -0.39 is 31.5 Å². The molecule has 0 aromatic heterocycles. The maximum Gasteiger partial charge on any atom is 0.264 e. The summed E-state index contributed by atoms with van der Waals surface area (Å²) in [5.74, 6) is -1.09. The van der Waals surface area contributed by atoms with Crippen LogP contribution in [0.4, 0.5) is 11.4 Å². The van der Waals surface area contributed by atoms with Crippen molar-refractivity contribution < 1.29 is 29.0 Å². The fraction of sp³-hybridized carbons (Fsp3) is 0.333. The third-order valence-electron chi connectivity index (χ3n) is 10.9. The number of carbonyl (C=O) groups excluding carboxylic acids is 3. The molecule has 4 aromatic rings. The van der Waals surface area contributed by atoms with Gasteiger partial charge in [0.25, 0.3) is 5.91 Å². The van der Waals surface area contributed by atoms with Crippen LogP contribution in [-0.4, -0.2) is 65.8 Å². The molecule has 1 saturated heterocycles. The average molecular weight is 765 g/mol. The number of hydrazone groups is 1. The summed E-state index contributed by atoms with van der Waals surface area (Å²) in [5, 5.41) is 16.4. The first-order valence-electron chi connectivity index (χ1n) is 18.4. The Morgan fingerprint density at radius 2 is 1.65 bits per heavy atom. The van der Waals surface area contributed by atoms with Gasteiger partial charge in [-0.2, -0.15) is 5.10 Å². The molecule has 0 bridgehead atoms. The average Bonchev–Trinajstić information content (AvgIpc) is 3.58. The summed E-state index contributed by atoms with van der Waals surface area (Å²) in [5.41, 5.74) is 3.53. The van der Waals surface area contributed by atoms with Crippen molar-refractivity contribution in [3.8, 4) is 0 Å². The van der Waals surface area contributed by atoms with Crippen molar-refractivity contribution >= 4 is 54.7 Å². The molecule has 54 heavy (non-hydrogen) atoms. The molecule has 0 aliphatic carbocycles. The molecular weight excluding hydrogens is 720 g/mol. The summed E-state index contributed by atoms with van der Waals surface area (Å²) in [6.07, 6.45) is 0.107. The Morgan fingerprint density at radius 1 is 0.963 bits per heavy atom. The molecule has 4 atom stereocenters. The maximum atomic E-state index is 14.9. The highest BCUT2D eigenvalue weighted by Crippen LogP contribution is 2.60. The van der Waals surface area contributed by atoms with Crippen molar-refractivity contribution in [2.24, 2.45) is 11.0 Å². The standard InChI is InChI=1S/C42H45ClN4O6Si/c1-28-40(54(2,3)52)37(25-39(50)45(22-23-48)26-29-10-6-4-7-11-29)53-42(28)34-24-32(43)16-20-36(34)46(41(42)51)27-30-14-17-33(18-15-30)47-38(49)21-19-35(44-47)31-12-8-5-9-13-31/h4-18,20,24,28,37,40,48,52H,19,21-23,25-27H2,1-3H3/t28-,37+,40-,42+/m1/s1. The first-order valence-corrected chi connectivity index (χ1v) is 21.8. The van der Waals surface area contributed by atoms with Gasteiger partial charge in [-0.1, -0.05) is 91.3 Å². The highest BCUT2D eigenvalue weighted by atomic mass is 35.5. The molecule has 0 unspecified atom stereocenters. The molecule has 12 heteroatoms. The van der Waals surface area contributed by atoms with Crippen LogP contribution in [0.3, 0.4) is 0 Å². The minimum absolute atomic E-state index is 0.0606. The molecule has 280 valence electrons. The Hall–Kier alpha value is -4.65. The van der Waals surface area contributed by atoms with E-state index in [4.69, 9.17) is 16.3 Å². The smallest absolute Gasteiger partial charge is 0.264 e. The Bertz CT molecular complexity index is 2060. The molecule has 3 aliphatic heterocycles. The Balaban J connectivity index is 1.16. The lowest BCUT2D eigenvalue weighted by Gasteiger charge is -2.32. The lowest BCUT2D eigenvalue weighted by molar-refractivity contribution is -0.150. The lowest BCUT2D eigenvalue weighted by Crippen LogP contribution is -2.46. The number of amides is 3. The zero-order chi connectivity index (χ0) is 38.2. The Kier molecular flexibility index (Phi) is 10.6. The van der Waals surface area contributed by atoms with Crippen molar-refractivity contribution in [1.82, 2.24) is 4.90 Å². The van der Waals surface area contributed by atoms with Crippen LogP contribution in [0.2, 0.25) is 23.7 Å². The van der Waals surface area contributed by atoms with Gasteiger partial charge in [-0.15, -0.1) is 0 Å². The molecule has 2 N–H and O–H groups in total. The first-order chi connectivity index (χ1) is 25.9. The normalized spacial score (nSPS) is 22.5. The summed E-state index contributed by atoms with van der Waals surface area (Å²) < 4.78 is 6.88. The van der Waals surface area contributed by atoms with Crippen LogP contribution in [0.25, 0.3) is 0 Å². The van der Waals surface area contributed by atoms with Crippen LogP contribution in [0.5, 0.6) is 0 Å². The van der Waals surface area contributed by atoms with Gasteiger partial charge >= 0.3 is 0 Å². The minimum atomic E-state index is -3.05. The van der Waals surface area contributed by atoms with E-state index in [9.17, 15) is 24.3 Å². The zero-order valence-electron chi connectivity index (χ0n) is 30.7. The Morgan fingerprint density at radius 3 is 2.31 bits per heavy atom. The van der Waals surface area contributed by atoms with Crippen LogP contribution >= 0.6 is 11.6 Å². The molecule has 3 amide bonds. The van der Waals surface area contributed by atoms with Crippen molar-refractivity contribution in [3.05, 3.63) is 130 Å². The minimum Gasteiger partial charge on any atom is -0.432 e. The molecule has 7 rings (SSSR count). The molecule has 3 aliphatic rings. The molecule has 1 fully saturated rings. The van der Waals surface area contributed by atoms with Gasteiger partial charge in [0.1, 0.15) is 0 Å². The molecule has 3 heterocycles. The summed E-state index contributed by atoms with van der Waals surface area (Å²) >= 11 is 6.59. The predicted octanol–water partition coefficient (Wildman–Crippen LogP) is 6.63. The molecule has 0 saturated carbocycles. The molecular formula is C42H45ClN4O6Si. The van der Waals surface area contributed by atoms with Crippen molar-refractivity contribution in [2.75, 3.05) is 23.1 Å². The first kappa shape index (κ1) is 37.7. The van der Waals surface area contributed by atoms with E-state index in [1.54, 1.807) is 21.9 Å². The summed E-state index contributed by atoms with van der Waals surface area (Å²) in [7, 11) is -3.05. The van der Waals surface area contributed by atoms with Gasteiger partial charge in [0.15, 0.2) is 13.9 Å². The fourth-order valence-electron chi connectivity index (χ4n) is 8.44. The summed E-state index contributed by atoms with van der Waals surface area (Å²) in [6.45, 7) is 6.04. The number of rotatable bonds is 11. The lowest BCUT2D eigenvalue weighted by atomic mass is 9.82. The van der Waals surface area contributed by atoms with Crippen LogP contribution in [-0.2, 0) is 37.8 Å². The second-order valence-electron chi connectivity index (χ2n) is 14.9. The number of hydrogen-bond donors (Lipinski definition) is 2. The van der Waals surface area contributed by atoms with Gasteiger partial charge in [-0.25, -0.2) is 5.01 Å². The third-order valence-corrected chi connectivity index (χ3v) is 13.7. The van der Waals surface area contributed by atoms with Gasteiger partial charge in [-0.05, 0) is 60.1 Å².